The van der Waals surface area contributed by atoms with Gasteiger partial charge in [-0.3, -0.25) is 9.48 Å². The molecule has 0 aliphatic rings. The lowest BCUT2D eigenvalue weighted by Crippen LogP contribution is -2.26. The highest BCUT2D eigenvalue weighted by molar-refractivity contribution is 5.85. The molecule has 2 aromatic rings. The van der Waals surface area contributed by atoms with Crippen molar-refractivity contribution in [3.8, 4) is 0 Å². The molecule has 1 heterocycles. The zero-order valence-electron chi connectivity index (χ0n) is 16.3. The Kier molecular flexibility index (Phi) is 9.38. The van der Waals surface area contributed by atoms with Gasteiger partial charge < -0.3 is 10.6 Å². The van der Waals surface area contributed by atoms with Crippen LogP contribution in [-0.4, -0.2) is 35.8 Å². The normalized spacial score (nSPS) is 10.5. The summed E-state index contributed by atoms with van der Waals surface area (Å²) in [5.41, 5.74) is 5.87. The molecule has 0 saturated heterocycles. The maximum absolute atomic E-state index is 12.0. The summed E-state index contributed by atoms with van der Waals surface area (Å²) in [6.07, 6.45) is 2.20. The third kappa shape index (κ3) is 6.46. The zero-order valence-corrected chi connectivity index (χ0v) is 17.1. The first-order valence-electron chi connectivity index (χ1n) is 9.01. The number of amides is 1. The molecule has 5 nitrogen and oxygen atoms in total. The largest absolute Gasteiger partial charge is 0.356 e. The summed E-state index contributed by atoms with van der Waals surface area (Å²) < 4.78 is 2.04. The summed E-state index contributed by atoms with van der Waals surface area (Å²) in [5, 5.41) is 10.7. The molecule has 0 spiro atoms. The lowest BCUT2D eigenvalue weighted by Gasteiger charge is -2.07. The molecule has 0 atom stereocenters. The molecule has 0 aliphatic heterocycles. The van der Waals surface area contributed by atoms with E-state index in [0.29, 0.717) is 6.42 Å². The number of aryl methyl sites for hydroxylation is 2. The van der Waals surface area contributed by atoms with Gasteiger partial charge in [-0.2, -0.15) is 5.10 Å². The van der Waals surface area contributed by atoms with Crippen LogP contribution in [0.1, 0.15) is 40.9 Å². The van der Waals surface area contributed by atoms with Gasteiger partial charge in [0.1, 0.15) is 0 Å². The number of nitrogens with one attached hydrogen (secondary N) is 2. The number of hydrogen-bond donors (Lipinski definition) is 2. The van der Waals surface area contributed by atoms with Crippen LogP contribution in [0.25, 0.3) is 0 Å². The van der Waals surface area contributed by atoms with Gasteiger partial charge in [0, 0.05) is 18.7 Å². The average Bonchev–Trinajstić information content (AvgIpc) is 2.85. The fraction of sp³-hybridized carbons (Fsp3) is 0.500. The van der Waals surface area contributed by atoms with Gasteiger partial charge in [0.05, 0.1) is 12.2 Å². The van der Waals surface area contributed by atoms with Crippen LogP contribution in [0.2, 0.25) is 0 Å². The maximum atomic E-state index is 12.0. The van der Waals surface area contributed by atoms with E-state index in [2.05, 4.69) is 53.8 Å². The zero-order chi connectivity index (χ0) is 18.2. The lowest BCUT2D eigenvalue weighted by molar-refractivity contribution is -0.121. The second-order valence-corrected chi connectivity index (χ2v) is 6.60. The summed E-state index contributed by atoms with van der Waals surface area (Å²) in [7, 11) is 1.92. The van der Waals surface area contributed by atoms with Crippen molar-refractivity contribution in [2.24, 2.45) is 0 Å². The van der Waals surface area contributed by atoms with Crippen molar-refractivity contribution < 1.29 is 4.79 Å². The van der Waals surface area contributed by atoms with Crippen LogP contribution in [0, 0.1) is 20.8 Å². The molecule has 26 heavy (non-hydrogen) atoms. The Bertz CT molecular complexity index is 695. The second-order valence-electron chi connectivity index (χ2n) is 6.60. The van der Waals surface area contributed by atoms with E-state index in [1.807, 2.05) is 18.7 Å². The predicted molar refractivity (Wildman–Crippen MR) is 109 cm³/mol. The molecule has 1 aromatic heterocycles. The SMILES string of the molecule is CNCCCNC(=O)CCc1c(C)nn(Cc2ccc(C)cc2)c1C.Cl. The van der Waals surface area contributed by atoms with Crippen LogP contribution < -0.4 is 10.6 Å². The number of carbonyl (C=O) groups is 1. The quantitative estimate of drug-likeness (QED) is 0.659. The van der Waals surface area contributed by atoms with Crippen molar-refractivity contribution in [2.45, 2.75) is 46.6 Å². The highest BCUT2D eigenvalue weighted by Gasteiger charge is 2.13. The molecule has 0 saturated carbocycles. The molecule has 2 N–H and O–H groups in total. The van der Waals surface area contributed by atoms with E-state index in [9.17, 15) is 4.79 Å². The Labute approximate surface area is 163 Å². The highest BCUT2D eigenvalue weighted by atomic mass is 35.5. The number of rotatable bonds is 9. The molecule has 0 fully saturated rings. The lowest BCUT2D eigenvalue weighted by atomic mass is 10.1. The third-order valence-electron chi connectivity index (χ3n) is 4.51. The second kappa shape index (κ2) is 11.0. The predicted octanol–water partition coefficient (Wildman–Crippen LogP) is 2.94. The van der Waals surface area contributed by atoms with Crippen molar-refractivity contribution in [1.29, 1.82) is 0 Å². The number of carbonyl (C=O) groups excluding carboxylic acids is 1. The first-order chi connectivity index (χ1) is 12.0. The Morgan fingerprint density at radius 3 is 2.46 bits per heavy atom. The van der Waals surface area contributed by atoms with Crippen LogP contribution in [-0.2, 0) is 17.8 Å². The molecule has 1 amide bonds. The van der Waals surface area contributed by atoms with Gasteiger partial charge in [0.25, 0.3) is 0 Å². The molecule has 2 rings (SSSR count). The minimum absolute atomic E-state index is 0. The molecule has 0 bridgehead atoms. The number of aromatic nitrogens is 2. The minimum Gasteiger partial charge on any atom is -0.356 e. The number of hydrogen-bond acceptors (Lipinski definition) is 3. The first-order valence-corrected chi connectivity index (χ1v) is 9.01. The van der Waals surface area contributed by atoms with E-state index in [4.69, 9.17) is 0 Å². The smallest absolute Gasteiger partial charge is 0.220 e. The van der Waals surface area contributed by atoms with Gasteiger partial charge in [-0.25, -0.2) is 0 Å². The molecule has 144 valence electrons. The van der Waals surface area contributed by atoms with Gasteiger partial charge in [0.2, 0.25) is 5.91 Å². The van der Waals surface area contributed by atoms with Crippen molar-refractivity contribution in [3.05, 3.63) is 52.3 Å². The fourth-order valence-corrected chi connectivity index (χ4v) is 2.94. The maximum Gasteiger partial charge on any atom is 0.220 e. The standard InChI is InChI=1S/C20H30N4O.ClH/c1-15-6-8-18(9-7-15)14-24-17(3)19(16(2)23-24)10-11-20(25)22-13-5-12-21-4;/h6-9,21H,5,10-14H2,1-4H3,(H,22,25);1H. The van der Waals surface area contributed by atoms with E-state index in [-0.39, 0.29) is 18.3 Å². The van der Waals surface area contributed by atoms with Crippen molar-refractivity contribution in [1.82, 2.24) is 20.4 Å². The fourth-order valence-electron chi connectivity index (χ4n) is 2.94. The number of benzene rings is 1. The third-order valence-corrected chi connectivity index (χ3v) is 4.51. The van der Waals surface area contributed by atoms with Crippen molar-refractivity contribution in [3.63, 3.8) is 0 Å². The Morgan fingerprint density at radius 2 is 1.81 bits per heavy atom. The monoisotopic (exact) mass is 378 g/mol. The summed E-state index contributed by atoms with van der Waals surface area (Å²) in [6.45, 7) is 8.62. The molecular formula is C20H31ClN4O. The molecule has 1 aromatic carbocycles. The summed E-state index contributed by atoms with van der Waals surface area (Å²) >= 11 is 0. The van der Waals surface area contributed by atoms with Gasteiger partial charge >= 0.3 is 0 Å². The number of nitrogens with zero attached hydrogens (tertiary/aromatic N) is 2. The van der Waals surface area contributed by atoms with E-state index < -0.39 is 0 Å². The highest BCUT2D eigenvalue weighted by Crippen LogP contribution is 2.17. The van der Waals surface area contributed by atoms with E-state index in [1.54, 1.807) is 0 Å². The van der Waals surface area contributed by atoms with Gasteiger partial charge in [0.15, 0.2) is 0 Å². The van der Waals surface area contributed by atoms with Crippen LogP contribution in [0.5, 0.6) is 0 Å². The van der Waals surface area contributed by atoms with Gasteiger partial charge in [-0.1, -0.05) is 29.8 Å². The van der Waals surface area contributed by atoms with Gasteiger partial charge in [-0.15, -0.1) is 12.4 Å². The molecular weight excluding hydrogens is 348 g/mol. The summed E-state index contributed by atoms with van der Waals surface area (Å²) in [5.74, 6) is 0.112. The van der Waals surface area contributed by atoms with Crippen LogP contribution in [0.15, 0.2) is 24.3 Å². The van der Waals surface area contributed by atoms with E-state index >= 15 is 0 Å². The van der Waals surface area contributed by atoms with Gasteiger partial charge in [-0.05, 0) is 58.3 Å². The molecule has 0 unspecified atom stereocenters. The first kappa shape index (κ1) is 22.2. The average molecular weight is 379 g/mol. The van der Waals surface area contributed by atoms with Crippen LogP contribution >= 0.6 is 12.4 Å². The van der Waals surface area contributed by atoms with Crippen LogP contribution in [0.4, 0.5) is 0 Å². The Balaban J connectivity index is 0.00000338. The van der Waals surface area contributed by atoms with E-state index in [0.717, 1.165) is 43.9 Å². The molecule has 0 aliphatic carbocycles. The summed E-state index contributed by atoms with van der Waals surface area (Å²) in [4.78, 5) is 12.0. The minimum atomic E-state index is 0. The number of halogens is 1. The van der Waals surface area contributed by atoms with Crippen molar-refractivity contribution in [2.75, 3.05) is 20.1 Å². The van der Waals surface area contributed by atoms with Crippen LogP contribution in [0.3, 0.4) is 0 Å². The Hall–Kier alpha value is -1.85. The molecule has 6 heteroatoms. The summed E-state index contributed by atoms with van der Waals surface area (Å²) in [6, 6.07) is 8.54. The topological polar surface area (TPSA) is 58.9 Å². The Morgan fingerprint density at radius 1 is 1.12 bits per heavy atom. The van der Waals surface area contributed by atoms with E-state index in [1.165, 1.54) is 16.7 Å². The molecule has 0 radical (unpaired) electrons. The van der Waals surface area contributed by atoms with Crippen molar-refractivity contribution >= 4 is 18.3 Å².